The van der Waals surface area contributed by atoms with Gasteiger partial charge in [-0.3, -0.25) is 9.59 Å². The van der Waals surface area contributed by atoms with Crippen molar-refractivity contribution in [3.05, 3.63) is 51.4 Å². The average molecular weight is 344 g/mol. The largest absolute Gasteiger partial charge is 0.365 e. The van der Waals surface area contributed by atoms with Gasteiger partial charge in [0.05, 0.1) is 5.56 Å². The molecule has 24 heavy (non-hydrogen) atoms. The smallest absolute Gasteiger partial charge is 0.256 e. The number of aryl methyl sites for hydroxylation is 1. The van der Waals surface area contributed by atoms with Crippen LogP contribution in [0.4, 0.5) is 5.00 Å². The molecule has 2 aromatic rings. The van der Waals surface area contributed by atoms with Crippen LogP contribution in [0.15, 0.2) is 24.3 Å². The van der Waals surface area contributed by atoms with Crippen LogP contribution in [-0.2, 0) is 11.8 Å². The number of nitrogens with two attached hydrogens (primary N) is 1. The molecule has 128 valence electrons. The lowest BCUT2D eigenvalue weighted by molar-refractivity contribution is 0.100. The molecule has 1 aromatic heterocycles. The first-order valence-corrected chi connectivity index (χ1v) is 8.80. The van der Waals surface area contributed by atoms with E-state index in [-0.39, 0.29) is 11.3 Å². The van der Waals surface area contributed by atoms with Crippen LogP contribution < -0.4 is 11.1 Å². The standard InChI is InChI=1S/C19H24N2O2S/c1-6-14-11(2)24-18(15(14)16(20)22)21-17(23)12-7-9-13(10-8-12)19(3,4)5/h7-10H,6H2,1-5H3,(H2,20,22)(H,21,23). The van der Waals surface area contributed by atoms with Gasteiger partial charge < -0.3 is 11.1 Å². The van der Waals surface area contributed by atoms with Gasteiger partial charge in [0.15, 0.2) is 0 Å². The Kier molecular flexibility index (Phi) is 5.13. The minimum absolute atomic E-state index is 0.0367. The second-order valence-corrected chi connectivity index (χ2v) is 8.06. The van der Waals surface area contributed by atoms with Crippen LogP contribution in [0.3, 0.4) is 0 Å². The lowest BCUT2D eigenvalue weighted by atomic mass is 9.87. The highest BCUT2D eigenvalue weighted by molar-refractivity contribution is 7.16. The molecule has 2 rings (SSSR count). The Hall–Kier alpha value is -2.14. The molecule has 0 aliphatic heterocycles. The summed E-state index contributed by atoms with van der Waals surface area (Å²) in [6, 6.07) is 7.53. The third kappa shape index (κ3) is 3.67. The van der Waals surface area contributed by atoms with E-state index in [1.54, 1.807) is 12.1 Å². The van der Waals surface area contributed by atoms with Crippen LogP contribution >= 0.6 is 11.3 Å². The zero-order chi connectivity index (χ0) is 18.1. The third-order valence-electron chi connectivity index (χ3n) is 4.05. The van der Waals surface area contributed by atoms with Gasteiger partial charge in [-0.25, -0.2) is 0 Å². The predicted octanol–water partition coefficient (Wildman–Crippen LogP) is 4.27. The highest BCUT2D eigenvalue weighted by atomic mass is 32.1. The van der Waals surface area contributed by atoms with Crippen molar-refractivity contribution in [1.82, 2.24) is 0 Å². The van der Waals surface area contributed by atoms with Crippen molar-refractivity contribution >= 4 is 28.2 Å². The highest BCUT2D eigenvalue weighted by Crippen LogP contribution is 2.33. The number of thiophene rings is 1. The van der Waals surface area contributed by atoms with Gasteiger partial charge >= 0.3 is 0 Å². The SMILES string of the molecule is CCc1c(C)sc(NC(=O)c2ccc(C(C)(C)C)cc2)c1C(N)=O. The summed E-state index contributed by atoms with van der Waals surface area (Å²) in [5.41, 5.74) is 8.60. The first kappa shape index (κ1) is 18.2. The fourth-order valence-electron chi connectivity index (χ4n) is 2.65. The number of hydrogen-bond donors (Lipinski definition) is 2. The normalized spacial score (nSPS) is 11.4. The van der Waals surface area contributed by atoms with Crippen molar-refractivity contribution in [2.45, 2.75) is 46.5 Å². The molecule has 0 saturated carbocycles. The summed E-state index contributed by atoms with van der Waals surface area (Å²) >= 11 is 1.39. The van der Waals surface area contributed by atoms with Crippen LogP contribution in [0.2, 0.25) is 0 Å². The molecule has 0 saturated heterocycles. The summed E-state index contributed by atoms with van der Waals surface area (Å²) in [7, 11) is 0. The van der Waals surface area contributed by atoms with E-state index in [0.717, 1.165) is 16.0 Å². The van der Waals surface area contributed by atoms with Crippen LogP contribution in [0.1, 0.15) is 64.4 Å². The molecular formula is C19H24N2O2S. The molecule has 1 heterocycles. The molecule has 1 aromatic carbocycles. The number of benzene rings is 1. The van der Waals surface area contributed by atoms with E-state index < -0.39 is 5.91 Å². The molecular weight excluding hydrogens is 320 g/mol. The van der Waals surface area contributed by atoms with Crippen molar-refractivity contribution in [2.75, 3.05) is 5.32 Å². The van der Waals surface area contributed by atoms with Crippen molar-refractivity contribution in [3.8, 4) is 0 Å². The van der Waals surface area contributed by atoms with Crippen LogP contribution in [0, 0.1) is 6.92 Å². The molecule has 0 bridgehead atoms. The first-order valence-electron chi connectivity index (χ1n) is 7.99. The maximum absolute atomic E-state index is 12.5. The molecule has 0 unspecified atom stereocenters. The maximum atomic E-state index is 12.5. The van der Waals surface area contributed by atoms with E-state index in [0.29, 0.717) is 22.5 Å². The topological polar surface area (TPSA) is 72.2 Å². The summed E-state index contributed by atoms with van der Waals surface area (Å²) in [6.07, 6.45) is 0.705. The highest BCUT2D eigenvalue weighted by Gasteiger charge is 2.21. The molecule has 0 aliphatic rings. The third-order valence-corrected chi connectivity index (χ3v) is 5.11. The molecule has 0 fully saturated rings. The average Bonchev–Trinajstić information content (AvgIpc) is 2.81. The number of amides is 2. The van der Waals surface area contributed by atoms with Crippen LogP contribution in [0.5, 0.6) is 0 Å². The number of carbonyl (C=O) groups is 2. The van der Waals surface area contributed by atoms with E-state index in [1.165, 1.54) is 11.3 Å². The maximum Gasteiger partial charge on any atom is 0.256 e. The lowest BCUT2D eigenvalue weighted by Crippen LogP contribution is -2.18. The van der Waals surface area contributed by atoms with Crippen LogP contribution in [0.25, 0.3) is 0 Å². The van der Waals surface area contributed by atoms with Gasteiger partial charge in [-0.05, 0) is 42.0 Å². The van der Waals surface area contributed by atoms with Crippen molar-refractivity contribution in [1.29, 1.82) is 0 Å². The summed E-state index contributed by atoms with van der Waals surface area (Å²) in [5.74, 6) is -0.739. The Balaban J connectivity index is 2.29. The molecule has 3 N–H and O–H groups in total. The number of carbonyl (C=O) groups excluding carboxylic acids is 2. The molecule has 0 aliphatic carbocycles. The van der Waals surface area contributed by atoms with E-state index in [9.17, 15) is 9.59 Å². The Labute approximate surface area is 147 Å². The van der Waals surface area contributed by atoms with E-state index >= 15 is 0 Å². The summed E-state index contributed by atoms with van der Waals surface area (Å²) in [4.78, 5) is 25.3. The van der Waals surface area contributed by atoms with E-state index in [4.69, 9.17) is 5.73 Å². The number of rotatable bonds is 4. The summed E-state index contributed by atoms with van der Waals surface area (Å²) < 4.78 is 0. The van der Waals surface area contributed by atoms with Crippen LogP contribution in [-0.4, -0.2) is 11.8 Å². The van der Waals surface area contributed by atoms with Gasteiger partial charge in [-0.1, -0.05) is 39.8 Å². The van der Waals surface area contributed by atoms with E-state index in [2.05, 4.69) is 26.1 Å². The molecule has 0 radical (unpaired) electrons. The van der Waals surface area contributed by atoms with Crippen molar-refractivity contribution in [2.24, 2.45) is 5.73 Å². The Bertz CT molecular complexity index is 768. The molecule has 0 atom stereocenters. The molecule has 0 spiro atoms. The summed E-state index contributed by atoms with van der Waals surface area (Å²) in [6.45, 7) is 10.3. The first-order chi connectivity index (χ1) is 11.1. The Morgan fingerprint density at radius 1 is 1.17 bits per heavy atom. The van der Waals surface area contributed by atoms with Gasteiger partial charge in [0.1, 0.15) is 5.00 Å². The monoisotopic (exact) mass is 344 g/mol. The minimum Gasteiger partial charge on any atom is -0.365 e. The van der Waals surface area contributed by atoms with Gasteiger partial charge in [-0.2, -0.15) is 0 Å². The van der Waals surface area contributed by atoms with Gasteiger partial charge in [0.25, 0.3) is 11.8 Å². The van der Waals surface area contributed by atoms with Gasteiger partial charge in [-0.15, -0.1) is 11.3 Å². The number of hydrogen-bond acceptors (Lipinski definition) is 3. The fraction of sp³-hybridized carbons (Fsp3) is 0.368. The second-order valence-electron chi connectivity index (χ2n) is 6.84. The predicted molar refractivity (Wildman–Crippen MR) is 100 cm³/mol. The zero-order valence-corrected chi connectivity index (χ0v) is 15.6. The van der Waals surface area contributed by atoms with Crippen molar-refractivity contribution in [3.63, 3.8) is 0 Å². The number of anilines is 1. The molecule has 5 heteroatoms. The Morgan fingerprint density at radius 3 is 2.21 bits per heavy atom. The van der Waals surface area contributed by atoms with Gasteiger partial charge in [0, 0.05) is 10.4 Å². The quantitative estimate of drug-likeness (QED) is 0.869. The molecule has 4 nitrogen and oxygen atoms in total. The van der Waals surface area contributed by atoms with Crippen molar-refractivity contribution < 1.29 is 9.59 Å². The zero-order valence-electron chi connectivity index (χ0n) is 14.8. The minimum atomic E-state index is -0.505. The summed E-state index contributed by atoms with van der Waals surface area (Å²) in [5, 5.41) is 3.37. The Morgan fingerprint density at radius 2 is 1.75 bits per heavy atom. The molecule has 2 amide bonds. The lowest BCUT2D eigenvalue weighted by Gasteiger charge is -2.19. The van der Waals surface area contributed by atoms with E-state index in [1.807, 2.05) is 26.0 Å². The number of nitrogens with one attached hydrogen (secondary N) is 1. The fourth-order valence-corrected chi connectivity index (χ4v) is 3.80. The second kappa shape index (κ2) is 6.77. The van der Waals surface area contributed by atoms with Gasteiger partial charge in [0.2, 0.25) is 0 Å². The number of primary amides is 1.